The summed E-state index contributed by atoms with van der Waals surface area (Å²) in [4.78, 5) is 12.0. The SMILES string of the molecule is CN(CC(=O)Nc1cc(F)cc(F)c1)S(=O)(=O)c1ccc2c(c1)OCCCO2. The zero-order valence-electron chi connectivity index (χ0n) is 14.9. The molecular formula is C18H18F2N2O5S. The van der Waals surface area contributed by atoms with Gasteiger partial charge in [0.25, 0.3) is 0 Å². The summed E-state index contributed by atoms with van der Waals surface area (Å²) in [6, 6.07) is 6.72. The molecule has 0 unspecified atom stereocenters. The van der Waals surface area contributed by atoms with Gasteiger partial charge in [0, 0.05) is 31.3 Å². The zero-order valence-corrected chi connectivity index (χ0v) is 15.8. The first kappa shape index (κ1) is 20.0. The minimum atomic E-state index is -4.00. The van der Waals surface area contributed by atoms with Crippen molar-refractivity contribution in [2.24, 2.45) is 0 Å². The van der Waals surface area contributed by atoms with Crippen molar-refractivity contribution in [2.45, 2.75) is 11.3 Å². The highest BCUT2D eigenvalue weighted by Crippen LogP contribution is 2.32. The van der Waals surface area contributed by atoms with Crippen molar-refractivity contribution in [1.82, 2.24) is 4.31 Å². The molecule has 0 saturated heterocycles. The highest BCUT2D eigenvalue weighted by atomic mass is 32.2. The second kappa shape index (κ2) is 8.11. The van der Waals surface area contributed by atoms with Crippen LogP contribution >= 0.6 is 0 Å². The Kier molecular flexibility index (Phi) is 5.80. The van der Waals surface area contributed by atoms with Crippen molar-refractivity contribution in [1.29, 1.82) is 0 Å². The molecular weight excluding hydrogens is 394 g/mol. The lowest BCUT2D eigenvalue weighted by molar-refractivity contribution is -0.116. The number of nitrogens with one attached hydrogen (secondary N) is 1. The monoisotopic (exact) mass is 412 g/mol. The van der Waals surface area contributed by atoms with Crippen LogP contribution < -0.4 is 14.8 Å². The lowest BCUT2D eigenvalue weighted by Crippen LogP contribution is -2.35. The first-order valence-corrected chi connectivity index (χ1v) is 9.81. The quantitative estimate of drug-likeness (QED) is 0.815. The van der Waals surface area contributed by atoms with E-state index in [0.717, 1.165) is 16.4 Å². The lowest BCUT2D eigenvalue weighted by Gasteiger charge is -2.18. The van der Waals surface area contributed by atoms with Crippen LogP contribution in [0.3, 0.4) is 0 Å². The molecule has 2 aromatic rings. The van der Waals surface area contributed by atoms with Gasteiger partial charge in [-0.1, -0.05) is 0 Å². The molecule has 10 heteroatoms. The highest BCUT2D eigenvalue weighted by molar-refractivity contribution is 7.89. The number of carbonyl (C=O) groups is 1. The van der Waals surface area contributed by atoms with E-state index in [4.69, 9.17) is 9.47 Å². The number of fused-ring (bicyclic) bond motifs is 1. The normalized spacial score (nSPS) is 13.9. The van der Waals surface area contributed by atoms with Crippen LogP contribution in [0.1, 0.15) is 6.42 Å². The maximum absolute atomic E-state index is 13.2. The molecule has 3 rings (SSSR count). The van der Waals surface area contributed by atoms with Gasteiger partial charge in [-0.05, 0) is 24.3 Å². The largest absolute Gasteiger partial charge is 0.490 e. The summed E-state index contributed by atoms with van der Waals surface area (Å²) in [6.45, 7) is 0.327. The van der Waals surface area contributed by atoms with Crippen molar-refractivity contribution in [3.8, 4) is 11.5 Å². The molecule has 0 bridgehead atoms. The summed E-state index contributed by atoms with van der Waals surface area (Å²) in [5, 5.41) is 2.27. The smallest absolute Gasteiger partial charge is 0.243 e. The standard InChI is InChI=1S/C18H18F2N2O5S/c1-22(11-18(23)21-14-8-12(19)7-13(20)9-14)28(24,25)15-3-4-16-17(10-15)27-6-2-5-26-16/h3-4,7-10H,2,5-6,11H2,1H3,(H,21,23). The molecule has 0 saturated carbocycles. The van der Waals surface area contributed by atoms with Crippen LogP contribution in [0.2, 0.25) is 0 Å². The first-order chi connectivity index (χ1) is 13.3. The predicted molar refractivity (Wildman–Crippen MR) is 96.9 cm³/mol. The van der Waals surface area contributed by atoms with Crippen molar-refractivity contribution in [3.05, 3.63) is 48.0 Å². The van der Waals surface area contributed by atoms with Crippen molar-refractivity contribution >= 4 is 21.6 Å². The predicted octanol–water partition coefficient (Wildman–Crippen LogP) is 2.39. The minimum absolute atomic E-state index is 0.0659. The molecule has 1 N–H and O–H groups in total. The van der Waals surface area contributed by atoms with Gasteiger partial charge in [0.15, 0.2) is 11.5 Å². The van der Waals surface area contributed by atoms with Crippen LogP contribution in [0.4, 0.5) is 14.5 Å². The van der Waals surface area contributed by atoms with E-state index in [1.54, 1.807) is 0 Å². The van der Waals surface area contributed by atoms with Gasteiger partial charge in [-0.2, -0.15) is 4.31 Å². The molecule has 0 aromatic heterocycles. The van der Waals surface area contributed by atoms with E-state index in [2.05, 4.69) is 5.32 Å². The van der Waals surface area contributed by atoms with E-state index in [0.29, 0.717) is 37.2 Å². The van der Waals surface area contributed by atoms with Crippen molar-refractivity contribution in [2.75, 3.05) is 32.1 Å². The maximum atomic E-state index is 13.2. The average molecular weight is 412 g/mol. The Morgan fingerprint density at radius 1 is 1.07 bits per heavy atom. The van der Waals surface area contributed by atoms with E-state index in [1.807, 2.05) is 0 Å². The number of hydrogen-bond acceptors (Lipinski definition) is 5. The number of benzene rings is 2. The Morgan fingerprint density at radius 2 is 1.71 bits per heavy atom. The van der Waals surface area contributed by atoms with Gasteiger partial charge in [0.05, 0.1) is 24.7 Å². The number of carbonyl (C=O) groups excluding carboxylic acids is 1. The molecule has 1 aliphatic rings. The summed E-state index contributed by atoms with van der Waals surface area (Å²) in [7, 11) is -2.77. The third kappa shape index (κ3) is 4.57. The fourth-order valence-corrected chi connectivity index (χ4v) is 3.74. The van der Waals surface area contributed by atoms with E-state index in [1.165, 1.54) is 25.2 Å². The summed E-state index contributed by atoms with van der Waals surface area (Å²) in [6.07, 6.45) is 0.678. The van der Waals surface area contributed by atoms with Gasteiger partial charge in [-0.15, -0.1) is 0 Å². The number of sulfonamides is 1. The fraction of sp³-hybridized carbons (Fsp3) is 0.278. The fourth-order valence-electron chi connectivity index (χ4n) is 2.60. The van der Waals surface area contributed by atoms with E-state index in [9.17, 15) is 22.0 Å². The number of rotatable bonds is 5. The zero-order chi connectivity index (χ0) is 20.3. The van der Waals surface area contributed by atoms with E-state index < -0.39 is 34.1 Å². The molecule has 28 heavy (non-hydrogen) atoms. The molecule has 0 fully saturated rings. The van der Waals surface area contributed by atoms with Gasteiger partial charge in [-0.25, -0.2) is 17.2 Å². The van der Waals surface area contributed by atoms with E-state index >= 15 is 0 Å². The number of likely N-dealkylation sites (N-methyl/N-ethyl adjacent to an activating group) is 1. The average Bonchev–Trinajstić information content (AvgIpc) is 2.85. The minimum Gasteiger partial charge on any atom is -0.490 e. The number of ether oxygens (including phenoxy) is 2. The van der Waals surface area contributed by atoms with Gasteiger partial charge in [0.2, 0.25) is 15.9 Å². The van der Waals surface area contributed by atoms with Crippen LogP contribution in [-0.4, -0.2) is 45.4 Å². The molecule has 7 nitrogen and oxygen atoms in total. The van der Waals surface area contributed by atoms with E-state index in [-0.39, 0.29) is 10.6 Å². The highest BCUT2D eigenvalue weighted by Gasteiger charge is 2.25. The molecule has 1 aliphatic heterocycles. The Morgan fingerprint density at radius 3 is 2.39 bits per heavy atom. The molecule has 0 radical (unpaired) electrons. The first-order valence-electron chi connectivity index (χ1n) is 8.37. The van der Waals surface area contributed by atoms with Gasteiger partial charge in [-0.3, -0.25) is 4.79 Å². The number of amides is 1. The lowest BCUT2D eigenvalue weighted by atomic mass is 10.3. The Hall–Kier alpha value is -2.72. The van der Waals surface area contributed by atoms with Crippen LogP contribution in [0.15, 0.2) is 41.3 Å². The molecule has 0 spiro atoms. The van der Waals surface area contributed by atoms with Gasteiger partial charge < -0.3 is 14.8 Å². The number of halogens is 2. The number of hydrogen-bond donors (Lipinski definition) is 1. The van der Waals surface area contributed by atoms with Crippen molar-refractivity contribution in [3.63, 3.8) is 0 Å². The second-order valence-corrected chi connectivity index (χ2v) is 8.17. The van der Waals surface area contributed by atoms with Crippen molar-refractivity contribution < 1.29 is 31.5 Å². The molecule has 1 heterocycles. The Balaban J connectivity index is 1.73. The van der Waals surface area contributed by atoms with Gasteiger partial charge >= 0.3 is 0 Å². The second-order valence-electron chi connectivity index (χ2n) is 6.13. The molecule has 2 aromatic carbocycles. The number of nitrogens with zero attached hydrogens (tertiary/aromatic N) is 1. The summed E-state index contributed by atoms with van der Waals surface area (Å²) in [5.74, 6) is -1.70. The topological polar surface area (TPSA) is 84.9 Å². The maximum Gasteiger partial charge on any atom is 0.243 e. The van der Waals surface area contributed by atoms with Crippen LogP contribution in [0.25, 0.3) is 0 Å². The third-order valence-electron chi connectivity index (χ3n) is 3.94. The summed E-state index contributed by atoms with van der Waals surface area (Å²) < 4.78 is 63.6. The third-order valence-corrected chi connectivity index (χ3v) is 5.74. The number of anilines is 1. The van der Waals surface area contributed by atoms with Gasteiger partial charge in [0.1, 0.15) is 11.6 Å². The Bertz CT molecular complexity index is 977. The van der Waals surface area contributed by atoms with Crippen LogP contribution in [0.5, 0.6) is 11.5 Å². The molecule has 0 aliphatic carbocycles. The molecule has 0 atom stereocenters. The molecule has 1 amide bonds. The van der Waals surface area contributed by atoms with Crippen LogP contribution in [0, 0.1) is 11.6 Å². The summed E-state index contributed by atoms with van der Waals surface area (Å²) >= 11 is 0. The van der Waals surface area contributed by atoms with Crippen LogP contribution in [-0.2, 0) is 14.8 Å². The Labute approximate surface area is 160 Å². The molecule has 150 valence electrons. The summed E-state index contributed by atoms with van der Waals surface area (Å²) in [5.41, 5.74) is -0.108.